The molecule has 8 heteroatoms. The average Bonchev–Trinajstić information content (AvgIpc) is 3.46. The van der Waals surface area contributed by atoms with Crippen LogP contribution in [0.2, 0.25) is 0 Å². The van der Waals surface area contributed by atoms with Crippen molar-refractivity contribution >= 4 is 0 Å². The molecule has 7 unspecified atom stereocenters. The summed E-state index contributed by atoms with van der Waals surface area (Å²) in [4.78, 5) is 10.2. The minimum absolute atomic E-state index is 0.0612. The number of hydrogen-bond acceptors (Lipinski definition) is 5. The highest BCUT2D eigenvalue weighted by Crippen LogP contribution is 2.26. The van der Waals surface area contributed by atoms with Crippen LogP contribution >= 0.6 is 0 Å². The van der Waals surface area contributed by atoms with Crippen LogP contribution in [0.1, 0.15) is 51.4 Å². The largest absolute Gasteiger partial charge is 0.379 e. The number of nitrogens with two attached hydrogens (primary N) is 1. The van der Waals surface area contributed by atoms with Crippen LogP contribution in [0.15, 0.2) is 0 Å². The lowest BCUT2D eigenvalue weighted by Crippen LogP contribution is -3.16. The Hall–Kier alpha value is -0.350. The maximum Gasteiger partial charge on any atom is 0.183 e. The molecule has 8 atom stereocenters. The molecule has 0 bridgehead atoms. The molecule has 30 heavy (non-hydrogen) atoms. The normalized spacial score (nSPS) is 46.3. The van der Waals surface area contributed by atoms with Crippen LogP contribution in [0.5, 0.6) is 0 Å². The molecule has 5 N–H and O–H groups in total. The molecule has 4 aliphatic heterocycles. The fourth-order valence-electron chi connectivity index (χ4n) is 6.60. The van der Waals surface area contributed by atoms with Gasteiger partial charge in [0, 0.05) is 44.2 Å². The number of piperidine rings is 1. The summed E-state index contributed by atoms with van der Waals surface area (Å²) in [6.07, 6.45) is 9.31. The molecule has 0 spiro atoms. The van der Waals surface area contributed by atoms with E-state index >= 15 is 0 Å². The maximum atomic E-state index is 14.4. The summed E-state index contributed by atoms with van der Waals surface area (Å²) >= 11 is 0. The van der Waals surface area contributed by atoms with Gasteiger partial charge in [-0.2, -0.15) is 5.48 Å². The smallest absolute Gasteiger partial charge is 0.183 e. The number of rotatable bonds is 5. The molecule has 172 valence electrons. The molecule has 7 nitrogen and oxygen atoms in total. The van der Waals surface area contributed by atoms with Crippen molar-refractivity contribution in [1.82, 2.24) is 15.7 Å². The lowest BCUT2D eigenvalue weighted by molar-refractivity contribution is -0.920. The Kier molecular flexibility index (Phi) is 7.21. The number of nitrogens with one attached hydrogen (secondary N) is 3. The van der Waals surface area contributed by atoms with E-state index in [1.54, 1.807) is 4.90 Å². The number of hydroxylamine groups is 1. The quantitative estimate of drug-likeness (QED) is 0.452. The van der Waals surface area contributed by atoms with Crippen molar-refractivity contribution in [2.75, 3.05) is 45.9 Å². The van der Waals surface area contributed by atoms with Crippen LogP contribution in [-0.2, 0) is 9.57 Å². The van der Waals surface area contributed by atoms with Crippen molar-refractivity contribution in [3.8, 4) is 0 Å². The maximum absolute atomic E-state index is 14.4. The predicted molar refractivity (Wildman–Crippen MR) is 111 cm³/mol. The van der Waals surface area contributed by atoms with Crippen LogP contribution in [0.3, 0.4) is 0 Å². The van der Waals surface area contributed by atoms with Gasteiger partial charge in [0.25, 0.3) is 0 Å². The van der Waals surface area contributed by atoms with Gasteiger partial charge in [-0.3, -0.25) is 10.2 Å². The molecule has 0 amide bonds. The van der Waals surface area contributed by atoms with E-state index in [0.717, 1.165) is 58.7 Å². The van der Waals surface area contributed by atoms with Crippen molar-refractivity contribution in [3.63, 3.8) is 0 Å². The Morgan fingerprint density at radius 1 is 1.03 bits per heavy atom. The van der Waals surface area contributed by atoms with Gasteiger partial charge in [0.05, 0.1) is 39.0 Å². The van der Waals surface area contributed by atoms with Crippen LogP contribution in [0.4, 0.5) is 4.39 Å². The first-order valence-electron chi connectivity index (χ1n) is 12.6. The standard InChI is InChI=1S/C22H40FN5O2/c23-18-5-2-1-4-17(18)15-28-9-3-6-19(28)22-25-21(26-30-22)16-7-8-20(24-14-16)27-10-12-29-13-11-27/h16-22,24-26H,1-15H2/p+2/t16?,17?,18?,19-,20?,21?,22?/m0/s1. The minimum Gasteiger partial charge on any atom is -0.379 e. The number of alkyl halides is 1. The summed E-state index contributed by atoms with van der Waals surface area (Å²) in [7, 11) is 0. The predicted octanol–water partition coefficient (Wildman–Crippen LogP) is -1.03. The van der Waals surface area contributed by atoms with Crippen LogP contribution < -0.4 is 21.0 Å². The van der Waals surface area contributed by atoms with Crippen LogP contribution in [0.25, 0.3) is 0 Å². The van der Waals surface area contributed by atoms with Crippen molar-refractivity contribution < 1.29 is 24.2 Å². The summed E-state index contributed by atoms with van der Waals surface area (Å²) in [6, 6.07) is 0.449. The average molecular weight is 428 g/mol. The highest BCUT2D eigenvalue weighted by Gasteiger charge is 2.45. The number of hydrogen-bond donors (Lipinski definition) is 4. The molecule has 1 aliphatic carbocycles. The summed E-state index contributed by atoms with van der Waals surface area (Å²) in [5, 5.41) is 6.30. The second-order valence-electron chi connectivity index (χ2n) is 10.2. The molecular formula is C22H42FN5O2+2. The first-order chi connectivity index (χ1) is 14.8. The number of quaternary nitrogens is 2. The summed E-state index contributed by atoms with van der Waals surface area (Å²) < 4.78 is 19.9. The zero-order valence-corrected chi connectivity index (χ0v) is 18.4. The van der Waals surface area contributed by atoms with Gasteiger partial charge >= 0.3 is 0 Å². The first-order valence-corrected chi connectivity index (χ1v) is 12.6. The Bertz CT molecular complexity index is 544. The highest BCUT2D eigenvalue weighted by molar-refractivity contribution is 4.85. The Morgan fingerprint density at radius 3 is 2.70 bits per heavy atom. The Balaban J connectivity index is 1.09. The van der Waals surface area contributed by atoms with Gasteiger partial charge in [0.15, 0.2) is 6.23 Å². The van der Waals surface area contributed by atoms with Gasteiger partial charge in [-0.25, -0.2) is 9.29 Å². The van der Waals surface area contributed by atoms with Crippen molar-refractivity contribution in [3.05, 3.63) is 0 Å². The van der Waals surface area contributed by atoms with Crippen LogP contribution in [0, 0.1) is 11.8 Å². The van der Waals surface area contributed by atoms with Crippen molar-refractivity contribution in [2.45, 2.75) is 82.1 Å². The minimum atomic E-state index is -0.590. The van der Waals surface area contributed by atoms with E-state index in [4.69, 9.17) is 9.57 Å². The van der Waals surface area contributed by atoms with E-state index in [-0.39, 0.29) is 18.3 Å². The molecule has 5 aliphatic rings. The number of likely N-dealkylation sites (tertiary alicyclic amines) is 1. The monoisotopic (exact) mass is 427 g/mol. The highest BCUT2D eigenvalue weighted by atomic mass is 19.1. The molecule has 1 saturated carbocycles. The third-order valence-electron chi connectivity index (χ3n) is 8.44. The summed E-state index contributed by atoms with van der Waals surface area (Å²) in [5.41, 5.74) is 3.33. The number of morpholine rings is 1. The third kappa shape index (κ3) is 4.85. The van der Waals surface area contributed by atoms with E-state index in [1.165, 1.54) is 38.6 Å². The second-order valence-corrected chi connectivity index (χ2v) is 10.2. The van der Waals surface area contributed by atoms with Gasteiger partial charge in [-0.1, -0.05) is 12.8 Å². The molecule has 5 fully saturated rings. The Morgan fingerprint density at radius 2 is 1.90 bits per heavy atom. The fraction of sp³-hybridized carbons (Fsp3) is 1.00. The van der Waals surface area contributed by atoms with Gasteiger partial charge in [-0.05, 0) is 19.3 Å². The van der Waals surface area contributed by atoms with E-state index in [2.05, 4.69) is 21.0 Å². The van der Waals surface area contributed by atoms with Gasteiger partial charge < -0.3 is 15.0 Å². The molecule has 0 aromatic carbocycles. The molecule has 0 radical (unpaired) electrons. The molecule has 4 heterocycles. The van der Waals surface area contributed by atoms with E-state index < -0.39 is 6.17 Å². The van der Waals surface area contributed by atoms with E-state index in [0.29, 0.717) is 18.1 Å². The number of nitrogens with zero attached hydrogens (tertiary/aromatic N) is 1. The van der Waals surface area contributed by atoms with Crippen molar-refractivity contribution in [1.29, 1.82) is 0 Å². The third-order valence-corrected chi connectivity index (χ3v) is 8.44. The van der Waals surface area contributed by atoms with Gasteiger partial charge in [0.2, 0.25) is 0 Å². The summed E-state index contributed by atoms with van der Waals surface area (Å²) in [5.74, 6) is 0.843. The SMILES string of the molecule is FC1CCCCC1C[NH+]1CCC[C@H]1C1NC(C2CCC(N3CCOCC3)[NH2+]C2)NO1. The van der Waals surface area contributed by atoms with Gasteiger partial charge in [-0.15, -0.1) is 0 Å². The number of ether oxygens (including phenoxy) is 1. The lowest BCUT2D eigenvalue weighted by Gasteiger charge is -2.37. The topological polar surface area (TPSA) is 66.8 Å². The lowest BCUT2D eigenvalue weighted by atomic mass is 9.87. The Labute approximate surface area is 180 Å². The zero-order chi connectivity index (χ0) is 20.3. The zero-order valence-electron chi connectivity index (χ0n) is 18.4. The second kappa shape index (κ2) is 10.1. The van der Waals surface area contributed by atoms with Crippen molar-refractivity contribution in [2.24, 2.45) is 11.8 Å². The fourth-order valence-corrected chi connectivity index (χ4v) is 6.60. The molecule has 0 aromatic heterocycles. The van der Waals surface area contributed by atoms with E-state index in [9.17, 15) is 4.39 Å². The first kappa shape index (κ1) is 21.5. The molecule has 0 aromatic rings. The van der Waals surface area contributed by atoms with E-state index in [1.807, 2.05) is 0 Å². The van der Waals surface area contributed by atoms with Crippen LogP contribution in [-0.4, -0.2) is 81.6 Å². The molecule has 5 rings (SSSR count). The number of halogens is 1. The summed E-state index contributed by atoms with van der Waals surface area (Å²) in [6.45, 7) is 7.17. The van der Waals surface area contributed by atoms with Gasteiger partial charge in [0.1, 0.15) is 18.4 Å². The molecule has 4 saturated heterocycles. The molecular weight excluding hydrogens is 385 g/mol.